The smallest absolute Gasteiger partial charge is 0.108 e. The van der Waals surface area contributed by atoms with Gasteiger partial charge in [0.15, 0.2) is 0 Å². The van der Waals surface area contributed by atoms with Gasteiger partial charge in [0, 0.05) is 29.5 Å². The van der Waals surface area contributed by atoms with Crippen molar-refractivity contribution in [3.63, 3.8) is 0 Å². The molecule has 0 fully saturated rings. The fourth-order valence-electron chi connectivity index (χ4n) is 2.35. The number of para-hydroxylation sites is 2. The molecule has 2 heteroatoms. The first-order chi connectivity index (χ1) is 7.79. The maximum Gasteiger partial charge on any atom is 0.108 e. The highest BCUT2D eigenvalue weighted by Gasteiger charge is 2.25. The summed E-state index contributed by atoms with van der Waals surface area (Å²) in [6, 6.07) is 15.9. The van der Waals surface area contributed by atoms with E-state index in [-0.39, 0.29) is 0 Å². The summed E-state index contributed by atoms with van der Waals surface area (Å²) in [5.41, 5.74) is 4.11. The molecule has 16 heavy (non-hydrogen) atoms. The van der Waals surface area contributed by atoms with E-state index < -0.39 is 6.10 Å². The van der Waals surface area contributed by atoms with E-state index in [4.69, 9.17) is 0 Å². The summed E-state index contributed by atoms with van der Waals surface area (Å²) in [4.78, 5) is 2.12. The molecule has 0 radical (unpaired) electrons. The predicted molar refractivity (Wildman–Crippen MR) is 65.0 cm³/mol. The molecule has 0 atom stereocenters. The Morgan fingerprint density at radius 2 is 1.31 bits per heavy atom. The average Bonchev–Trinajstić information content (AvgIpc) is 2.36. The first kappa shape index (κ1) is 9.43. The summed E-state index contributed by atoms with van der Waals surface area (Å²) in [5.74, 6) is 0. The molecule has 2 aromatic rings. The van der Waals surface area contributed by atoms with Crippen LogP contribution in [0.4, 0.5) is 11.4 Å². The van der Waals surface area contributed by atoms with Gasteiger partial charge in [0.2, 0.25) is 0 Å². The molecule has 0 aliphatic carbocycles. The fourth-order valence-corrected chi connectivity index (χ4v) is 2.35. The van der Waals surface area contributed by atoms with Crippen LogP contribution >= 0.6 is 0 Å². The van der Waals surface area contributed by atoms with Crippen molar-refractivity contribution in [2.75, 3.05) is 11.9 Å². The molecule has 1 N–H and O–H groups in total. The van der Waals surface area contributed by atoms with Gasteiger partial charge in [0.05, 0.1) is 0 Å². The Hall–Kier alpha value is -1.80. The highest BCUT2D eigenvalue weighted by atomic mass is 16.3. The topological polar surface area (TPSA) is 23.5 Å². The van der Waals surface area contributed by atoms with Crippen molar-refractivity contribution < 1.29 is 5.11 Å². The van der Waals surface area contributed by atoms with Crippen LogP contribution in [0.25, 0.3) is 0 Å². The van der Waals surface area contributed by atoms with Gasteiger partial charge in [-0.3, -0.25) is 0 Å². The summed E-state index contributed by atoms with van der Waals surface area (Å²) in [6.45, 7) is 0. The summed E-state index contributed by atoms with van der Waals surface area (Å²) >= 11 is 0. The Morgan fingerprint density at radius 1 is 0.875 bits per heavy atom. The van der Waals surface area contributed by atoms with E-state index in [9.17, 15) is 5.11 Å². The molecule has 1 aliphatic heterocycles. The van der Waals surface area contributed by atoms with Gasteiger partial charge >= 0.3 is 0 Å². The second kappa shape index (κ2) is 3.35. The van der Waals surface area contributed by atoms with Crippen LogP contribution in [-0.2, 0) is 0 Å². The van der Waals surface area contributed by atoms with Gasteiger partial charge in [-0.25, -0.2) is 0 Å². The minimum atomic E-state index is -0.511. The minimum absolute atomic E-state index is 0.511. The Labute approximate surface area is 94.8 Å². The van der Waals surface area contributed by atoms with E-state index in [1.54, 1.807) is 0 Å². The van der Waals surface area contributed by atoms with E-state index in [0.29, 0.717) is 0 Å². The molecule has 2 aromatic carbocycles. The molecule has 0 aromatic heterocycles. The molecule has 3 rings (SSSR count). The number of aliphatic hydroxyl groups excluding tert-OH is 1. The first-order valence-corrected chi connectivity index (χ1v) is 5.38. The monoisotopic (exact) mass is 211 g/mol. The average molecular weight is 211 g/mol. The maximum atomic E-state index is 10.3. The standard InChI is InChI=1S/C14H13NO/c1-15-12-8-4-2-6-10(12)14(16)11-7-3-5-9-13(11)15/h2-9,14,16H,1H3. The van der Waals surface area contributed by atoms with Crippen molar-refractivity contribution in [2.24, 2.45) is 0 Å². The molecule has 0 amide bonds. The van der Waals surface area contributed by atoms with Crippen LogP contribution in [-0.4, -0.2) is 12.2 Å². The molecule has 1 aliphatic rings. The highest BCUT2D eigenvalue weighted by Crippen LogP contribution is 2.42. The van der Waals surface area contributed by atoms with E-state index in [1.165, 1.54) is 0 Å². The normalized spacial score (nSPS) is 14.5. The lowest BCUT2D eigenvalue weighted by Gasteiger charge is -2.32. The number of anilines is 2. The number of hydrogen-bond donors (Lipinski definition) is 1. The summed E-state index contributed by atoms with van der Waals surface area (Å²) in [5, 5.41) is 10.3. The largest absolute Gasteiger partial charge is 0.383 e. The molecular weight excluding hydrogens is 198 g/mol. The SMILES string of the molecule is CN1c2ccccc2C(O)c2ccccc21. The fraction of sp³-hybridized carbons (Fsp3) is 0.143. The van der Waals surface area contributed by atoms with Crippen LogP contribution in [0.3, 0.4) is 0 Å². The molecule has 0 saturated heterocycles. The number of nitrogens with zero attached hydrogens (tertiary/aromatic N) is 1. The second-order valence-electron chi connectivity index (χ2n) is 4.08. The third-order valence-corrected chi connectivity index (χ3v) is 3.19. The van der Waals surface area contributed by atoms with Crippen molar-refractivity contribution in [3.8, 4) is 0 Å². The van der Waals surface area contributed by atoms with Gasteiger partial charge in [0.1, 0.15) is 6.10 Å². The van der Waals surface area contributed by atoms with Gasteiger partial charge in [-0.05, 0) is 12.1 Å². The third kappa shape index (κ3) is 1.17. The number of rotatable bonds is 0. The second-order valence-corrected chi connectivity index (χ2v) is 4.08. The number of benzene rings is 2. The van der Waals surface area contributed by atoms with Crippen LogP contribution in [0, 0.1) is 0 Å². The van der Waals surface area contributed by atoms with Crippen LogP contribution in [0.5, 0.6) is 0 Å². The van der Waals surface area contributed by atoms with E-state index in [0.717, 1.165) is 22.5 Å². The summed E-state index contributed by atoms with van der Waals surface area (Å²) in [6.07, 6.45) is -0.511. The molecule has 1 heterocycles. The molecular formula is C14H13NO. The minimum Gasteiger partial charge on any atom is -0.383 e. The van der Waals surface area contributed by atoms with E-state index in [1.807, 2.05) is 55.6 Å². The van der Waals surface area contributed by atoms with Gasteiger partial charge in [-0.15, -0.1) is 0 Å². The zero-order valence-electron chi connectivity index (χ0n) is 9.09. The quantitative estimate of drug-likeness (QED) is 0.724. The van der Waals surface area contributed by atoms with Gasteiger partial charge < -0.3 is 10.0 Å². The lowest BCUT2D eigenvalue weighted by molar-refractivity contribution is 0.219. The zero-order valence-corrected chi connectivity index (χ0v) is 9.09. The Balaban J connectivity index is 2.26. The summed E-state index contributed by atoms with van der Waals surface area (Å²) in [7, 11) is 2.03. The lowest BCUT2D eigenvalue weighted by atomic mass is 9.93. The third-order valence-electron chi connectivity index (χ3n) is 3.19. The lowest BCUT2D eigenvalue weighted by Crippen LogP contribution is -2.21. The van der Waals surface area contributed by atoms with Crippen LogP contribution in [0.15, 0.2) is 48.5 Å². The van der Waals surface area contributed by atoms with Crippen LogP contribution < -0.4 is 4.90 Å². The number of fused-ring (bicyclic) bond motifs is 2. The predicted octanol–water partition coefficient (Wildman–Crippen LogP) is 2.85. The van der Waals surface area contributed by atoms with Crippen molar-refractivity contribution in [1.29, 1.82) is 0 Å². The van der Waals surface area contributed by atoms with Gasteiger partial charge in [-0.1, -0.05) is 36.4 Å². The first-order valence-electron chi connectivity index (χ1n) is 5.38. The number of hydrogen-bond acceptors (Lipinski definition) is 2. The highest BCUT2D eigenvalue weighted by molar-refractivity contribution is 5.74. The van der Waals surface area contributed by atoms with Crippen LogP contribution in [0.1, 0.15) is 17.2 Å². The molecule has 80 valence electrons. The molecule has 0 saturated carbocycles. The van der Waals surface area contributed by atoms with Crippen molar-refractivity contribution in [1.82, 2.24) is 0 Å². The van der Waals surface area contributed by atoms with Gasteiger partial charge in [0.25, 0.3) is 0 Å². The molecule has 0 spiro atoms. The van der Waals surface area contributed by atoms with E-state index in [2.05, 4.69) is 4.90 Å². The Kier molecular flexibility index (Phi) is 1.98. The Morgan fingerprint density at radius 3 is 1.81 bits per heavy atom. The Bertz CT molecular complexity index is 440. The molecule has 0 bridgehead atoms. The van der Waals surface area contributed by atoms with Crippen LogP contribution in [0.2, 0.25) is 0 Å². The molecule has 2 nitrogen and oxygen atoms in total. The van der Waals surface area contributed by atoms with Gasteiger partial charge in [-0.2, -0.15) is 0 Å². The molecule has 0 unspecified atom stereocenters. The van der Waals surface area contributed by atoms with Crippen molar-refractivity contribution in [2.45, 2.75) is 6.10 Å². The summed E-state index contributed by atoms with van der Waals surface area (Å²) < 4.78 is 0. The van der Waals surface area contributed by atoms with Crippen molar-refractivity contribution in [3.05, 3.63) is 59.7 Å². The maximum absolute atomic E-state index is 10.3. The zero-order chi connectivity index (χ0) is 11.1. The number of aliphatic hydroxyl groups is 1. The van der Waals surface area contributed by atoms with E-state index >= 15 is 0 Å². The van der Waals surface area contributed by atoms with Crippen molar-refractivity contribution >= 4 is 11.4 Å².